The van der Waals surface area contributed by atoms with Crippen LogP contribution in [0.15, 0.2) is 42.5 Å². The highest BCUT2D eigenvalue weighted by Crippen LogP contribution is 2.32. The monoisotopic (exact) mass is 524 g/mol. The van der Waals surface area contributed by atoms with Gasteiger partial charge in [0.15, 0.2) is 0 Å². The van der Waals surface area contributed by atoms with Crippen molar-refractivity contribution in [2.75, 3.05) is 58.1 Å². The number of methoxy groups -OCH3 is 2. The number of ether oxygens (including phenoxy) is 3. The Morgan fingerprint density at radius 3 is 2.47 bits per heavy atom. The van der Waals surface area contributed by atoms with Gasteiger partial charge in [-0.15, -0.1) is 0 Å². The number of nitrogens with one attached hydrogen (secondary N) is 2. The predicted molar refractivity (Wildman–Crippen MR) is 148 cm³/mol. The summed E-state index contributed by atoms with van der Waals surface area (Å²) in [6.07, 6.45) is 2.47. The van der Waals surface area contributed by atoms with E-state index in [2.05, 4.69) is 29.4 Å². The van der Waals surface area contributed by atoms with E-state index in [0.29, 0.717) is 41.6 Å². The molecule has 0 unspecified atom stereocenters. The lowest BCUT2D eigenvalue weighted by atomic mass is 10.0. The van der Waals surface area contributed by atoms with Crippen LogP contribution in [0.2, 0.25) is 0 Å². The van der Waals surface area contributed by atoms with Crippen LogP contribution in [0.5, 0.6) is 11.5 Å². The number of benzene rings is 2. The Kier molecular flexibility index (Phi) is 9.12. The molecule has 0 radical (unpaired) electrons. The van der Waals surface area contributed by atoms with Crippen molar-refractivity contribution in [1.29, 1.82) is 0 Å². The average molecular weight is 525 g/mol. The zero-order valence-corrected chi connectivity index (χ0v) is 23.0. The van der Waals surface area contributed by atoms with Crippen molar-refractivity contribution < 1.29 is 23.8 Å². The standard InChI is InChI=1S/C29H40N4O5/c1-19-15-33(16-21-9-10-21)20(2)18-38-26-12-11-23(14-25(26)28(34)32(3)17-27(19)37-5)31-29(35)30-22-7-6-8-24(13-22)36-4/h6-8,11-14,19-21,27H,9-10,15-18H2,1-5H3,(H2,30,31,35)/t19-,20-,27-/m0/s1. The molecule has 0 bridgehead atoms. The summed E-state index contributed by atoms with van der Waals surface area (Å²) >= 11 is 0. The highest BCUT2D eigenvalue weighted by molar-refractivity contribution is 6.02. The Hall–Kier alpha value is -3.30. The minimum atomic E-state index is -0.425. The summed E-state index contributed by atoms with van der Waals surface area (Å²) in [4.78, 5) is 30.4. The van der Waals surface area contributed by atoms with Crippen molar-refractivity contribution in [3.8, 4) is 11.5 Å². The van der Waals surface area contributed by atoms with E-state index in [9.17, 15) is 9.59 Å². The molecule has 0 saturated heterocycles. The largest absolute Gasteiger partial charge is 0.497 e. The summed E-state index contributed by atoms with van der Waals surface area (Å²) in [6.45, 7) is 7.22. The fourth-order valence-corrected chi connectivity index (χ4v) is 4.81. The fourth-order valence-electron chi connectivity index (χ4n) is 4.81. The summed E-state index contributed by atoms with van der Waals surface area (Å²) in [5.74, 6) is 1.95. The zero-order chi connectivity index (χ0) is 27.2. The van der Waals surface area contributed by atoms with Crippen molar-refractivity contribution in [3.05, 3.63) is 48.0 Å². The van der Waals surface area contributed by atoms with Crippen molar-refractivity contribution in [2.45, 2.75) is 38.8 Å². The molecule has 38 heavy (non-hydrogen) atoms. The number of rotatable bonds is 6. The van der Waals surface area contributed by atoms with E-state index in [0.717, 1.165) is 19.0 Å². The van der Waals surface area contributed by atoms with Crippen molar-refractivity contribution in [1.82, 2.24) is 9.80 Å². The van der Waals surface area contributed by atoms with E-state index >= 15 is 0 Å². The number of hydrogen-bond acceptors (Lipinski definition) is 6. The lowest BCUT2D eigenvalue weighted by Crippen LogP contribution is -2.47. The van der Waals surface area contributed by atoms with Crippen molar-refractivity contribution >= 4 is 23.3 Å². The molecule has 2 aromatic rings. The molecule has 1 saturated carbocycles. The number of hydrogen-bond donors (Lipinski definition) is 2. The molecule has 9 nitrogen and oxygen atoms in total. The third kappa shape index (κ3) is 7.17. The van der Waals surface area contributed by atoms with E-state index in [1.807, 2.05) is 0 Å². The second kappa shape index (κ2) is 12.5. The molecule has 1 heterocycles. The fraction of sp³-hybridized carbons (Fsp3) is 0.517. The van der Waals surface area contributed by atoms with Gasteiger partial charge in [0.05, 0.1) is 18.8 Å². The molecule has 206 valence electrons. The van der Waals surface area contributed by atoms with Crippen LogP contribution in [0.4, 0.5) is 16.2 Å². The Morgan fingerprint density at radius 2 is 1.79 bits per heavy atom. The molecular formula is C29H40N4O5. The van der Waals surface area contributed by atoms with Gasteiger partial charge >= 0.3 is 6.03 Å². The average Bonchev–Trinajstić information content (AvgIpc) is 3.73. The van der Waals surface area contributed by atoms with Crippen LogP contribution in [0, 0.1) is 11.8 Å². The molecule has 1 aliphatic heterocycles. The lowest BCUT2D eigenvalue weighted by molar-refractivity contribution is 0.00994. The molecule has 2 aliphatic rings. The minimum Gasteiger partial charge on any atom is -0.497 e. The Balaban J connectivity index is 1.55. The van der Waals surface area contributed by atoms with Crippen LogP contribution >= 0.6 is 0 Å². The topological polar surface area (TPSA) is 92.4 Å². The van der Waals surface area contributed by atoms with Crippen LogP contribution in [0.1, 0.15) is 37.0 Å². The number of likely N-dealkylation sites (N-methyl/N-ethyl adjacent to an activating group) is 1. The Labute approximate surface area is 225 Å². The van der Waals surface area contributed by atoms with Crippen LogP contribution < -0.4 is 20.1 Å². The summed E-state index contributed by atoms with van der Waals surface area (Å²) in [5.41, 5.74) is 1.48. The third-order valence-electron chi connectivity index (χ3n) is 7.35. The van der Waals surface area contributed by atoms with Gasteiger partial charge < -0.3 is 29.7 Å². The maximum absolute atomic E-state index is 13.6. The quantitative estimate of drug-likeness (QED) is 0.576. The third-order valence-corrected chi connectivity index (χ3v) is 7.35. The lowest BCUT2D eigenvalue weighted by Gasteiger charge is -2.36. The first-order chi connectivity index (χ1) is 18.3. The maximum Gasteiger partial charge on any atom is 0.323 e. The van der Waals surface area contributed by atoms with Gasteiger partial charge in [0.25, 0.3) is 5.91 Å². The SMILES string of the molecule is COc1cccc(NC(=O)Nc2ccc3c(c2)C(=O)N(C)C[C@H](OC)[C@@H](C)CN(CC2CC2)[C@@H](C)CO3)c1. The molecule has 4 rings (SSSR count). The zero-order valence-electron chi connectivity index (χ0n) is 23.0. The van der Waals surface area contributed by atoms with E-state index in [-0.39, 0.29) is 24.0 Å². The molecule has 2 aromatic carbocycles. The van der Waals surface area contributed by atoms with E-state index < -0.39 is 6.03 Å². The number of anilines is 2. The maximum atomic E-state index is 13.6. The van der Waals surface area contributed by atoms with Gasteiger partial charge in [-0.3, -0.25) is 9.69 Å². The summed E-state index contributed by atoms with van der Waals surface area (Å²) in [6, 6.07) is 12.0. The molecule has 3 atom stereocenters. The van der Waals surface area contributed by atoms with E-state index in [1.54, 1.807) is 68.6 Å². The first kappa shape index (κ1) is 27.7. The molecule has 3 amide bonds. The number of urea groups is 1. The molecule has 9 heteroatoms. The normalized spacial score (nSPS) is 22.9. The van der Waals surface area contributed by atoms with Crippen LogP contribution in [-0.4, -0.2) is 81.4 Å². The Bertz CT molecular complexity index is 1120. The Morgan fingerprint density at radius 1 is 1.05 bits per heavy atom. The predicted octanol–water partition coefficient (Wildman–Crippen LogP) is 4.56. The number of nitrogens with zero attached hydrogens (tertiary/aromatic N) is 2. The number of carbonyl (C=O) groups excluding carboxylic acids is 2. The number of carbonyl (C=O) groups is 2. The van der Waals surface area contributed by atoms with Gasteiger partial charge in [0.1, 0.15) is 18.1 Å². The van der Waals surface area contributed by atoms with Gasteiger partial charge in [-0.1, -0.05) is 13.0 Å². The van der Waals surface area contributed by atoms with Gasteiger partial charge in [-0.05, 0) is 61.9 Å². The van der Waals surface area contributed by atoms with Gasteiger partial charge in [-0.25, -0.2) is 4.79 Å². The summed E-state index contributed by atoms with van der Waals surface area (Å²) in [7, 11) is 5.05. The smallest absolute Gasteiger partial charge is 0.323 e. The molecular weight excluding hydrogens is 484 g/mol. The first-order valence-electron chi connectivity index (χ1n) is 13.3. The molecule has 1 aliphatic carbocycles. The number of amides is 3. The van der Waals surface area contributed by atoms with Gasteiger partial charge in [0, 0.05) is 57.3 Å². The van der Waals surface area contributed by atoms with Crippen molar-refractivity contribution in [3.63, 3.8) is 0 Å². The highest BCUT2D eigenvalue weighted by Gasteiger charge is 2.31. The number of fused-ring (bicyclic) bond motifs is 1. The van der Waals surface area contributed by atoms with Crippen LogP contribution in [-0.2, 0) is 4.74 Å². The van der Waals surface area contributed by atoms with Crippen molar-refractivity contribution in [2.24, 2.45) is 11.8 Å². The van der Waals surface area contributed by atoms with Gasteiger partial charge in [-0.2, -0.15) is 0 Å². The molecule has 1 fully saturated rings. The van der Waals surface area contributed by atoms with Crippen LogP contribution in [0.25, 0.3) is 0 Å². The van der Waals surface area contributed by atoms with E-state index in [4.69, 9.17) is 14.2 Å². The first-order valence-corrected chi connectivity index (χ1v) is 13.3. The molecule has 0 spiro atoms. The summed E-state index contributed by atoms with van der Waals surface area (Å²) in [5, 5.41) is 5.61. The van der Waals surface area contributed by atoms with Gasteiger partial charge in [0.2, 0.25) is 0 Å². The van der Waals surface area contributed by atoms with Crippen LogP contribution in [0.3, 0.4) is 0 Å². The summed E-state index contributed by atoms with van der Waals surface area (Å²) < 4.78 is 17.3. The minimum absolute atomic E-state index is 0.100. The highest BCUT2D eigenvalue weighted by atomic mass is 16.5. The second-order valence-electron chi connectivity index (χ2n) is 10.5. The second-order valence-corrected chi connectivity index (χ2v) is 10.5. The van der Waals surface area contributed by atoms with E-state index in [1.165, 1.54) is 12.8 Å². The molecule has 0 aromatic heterocycles. The molecule has 2 N–H and O–H groups in total.